The molecule has 2 heterocycles. The highest BCUT2D eigenvalue weighted by atomic mass is 16.5. The average Bonchev–Trinajstić information content (AvgIpc) is 2.44. The number of aliphatic hydroxyl groups excluding tert-OH is 1. The molecule has 0 aromatic rings. The number of ether oxygens (including phenoxy) is 1. The third-order valence-corrected chi connectivity index (χ3v) is 4.28. The Kier molecular flexibility index (Phi) is 5.04. The second-order valence-corrected chi connectivity index (χ2v) is 6.67. The number of morpholine rings is 1. The molecule has 20 heavy (non-hydrogen) atoms. The Hall–Kier alpha value is -0.650. The number of hydrogen-bond donors (Lipinski definition) is 1. The van der Waals surface area contributed by atoms with Crippen molar-refractivity contribution >= 4 is 5.91 Å². The van der Waals surface area contributed by atoms with Crippen LogP contribution < -0.4 is 0 Å². The van der Waals surface area contributed by atoms with Gasteiger partial charge >= 0.3 is 0 Å². The van der Waals surface area contributed by atoms with Crippen LogP contribution >= 0.6 is 0 Å². The smallest absolute Gasteiger partial charge is 0.239 e. The van der Waals surface area contributed by atoms with Gasteiger partial charge in [0.1, 0.15) is 0 Å². The van der Waals surface area contributed by atoms with Gasteiger partial charge in [0, 0.05) is 26.2 Å². The molecule has 2 fully saturated rings. The van der Waals surface area contributed by atoms with Gasteiger partial charge < -0.3 is 14.7 Å². The maximum atomic E-state index is 12.6. The summed E-state index contributed by atoms with van der Waals surface area (Å²) in [6.07, 6.45) is 3.27. The zero-order chi connectivity index (χ0) is 14.8. The number of piperidine rings is 1. The number of likely N-dealkylation sites (tertiary alicyclic amines) is 1. The van der Waals surface area contributed by atoms with E-state index >= 15 is 0 Å². The molecule has 2 rings (SSSR count). The van der Waals surface area contributed by atoms with Gasteiger partial charge in [0.25, 0.3) is 0 Å². The van der Waals surface area contributed by atoms with Crippen LogP contribution in [0.4, 0.5) is 0 Å². The first-order valence-corrected chi connectivity index (χ1v) is 7.74. The summed E-state index contributed by atoms with van der Waals surface area (Å²) < 4.78 is 5.81. The first-order chi connectivity index (χ1) is 9.43. The normalized spacial score (nSPS) is 29.2. The molecule has 0 aromatic carbocycles. The minimum absolute atomic E-state index is 0.00452. The third-order valence-electron chi connectivity index (χ3n) is 4.28. The molecule has 2 saturated heterocycles. The van der Waals surface area contributed by atoms with Gasteiger partial charge in [0.05, 0.1) is 24.4 Å². The quantitative estimate of drug-likeness (QED) is 0.835. The largest absolute Gasteiger partial charge is 0.394 e. The monoisotopic (exact) mass is 284 g/mol. The molecule has 0 spiro atoms. The van der Waals surface area contributed by atoms with Gasteiger partial charge in [-0.3, -0.25) is 9.69 Å². The Morgan fingerprint density at radius 1 is 1.35 bits per heavy atom. The van der Waals surface area contributed by atoms with Gasteiger partial charge in [-0.15, -0.1) is 0 Å². The molecule has 1 amide bonds. The van der Waals surface area contributed by atoms with Crippen LogP contribution in [-0.2, 0) is 9.53 Å². The molecule has 0 aliphatic carbocycles. The van der Waals surface area contributed by atoms with Gasteiger partial charge in [-0.2, -0.15) is 0 Å². The standard InChI is InChI=1S/C15H28N2O3/c1-12(14(19)16-7-5-4-6-8-16)17-9-13(10-18)20-15(2,3)11-17/h12-13,18H,4-11H2,1-3H3. The highest BCUT2D eigenvalue weighted by Crippen LogP contribution is 2.23. The number of rotatable bonds is 3. The Bertz CT molecular complexity index is 340. The molecular formula is C15H28N2O3. The predicted octanol–water partition coefficient (Wildman–Crippen LogP) is 0.859. The predicted molar refractivity (Wildman–Crippen MR) is 77.5 cm³/mol. The van der Waals surface area contributed by atoms with Crippen molar-refractivity contribution in [3.8, 4) is 0 Å². The number of hydrogen-bond acceptors (Lipinski definition) is 4. The van der Waals surface area contributed by atoms with E-state index in [1.165, 1.54) is 6.42 Å². The van der Waals surface area contributed by atoms with E-state index in [1.807, 2.05) is 25.7 Å². The van der Waals surface area contributed by atoms with Crippen LogP contribution in [0.3, 0.4) is 0 Å². The number of carbonyl (C=O) groups excluding carboxylic acids is 1. The highest BCUT2D eigenvalue weighted by molar-refractivity contribution is 5.81. The lowest BCUT2D eigenvalue weighted by Crippen LogP contribution is -2.59. The van der Waals surface area contributed by atoms with Crippen LogP contribution in [0.1, 0.15) is 40.0 Å². The summed E-state index contributed by atoms with van der Waals surface area (Å²) in [5.74, 6) is 0.221. The van der Waals surface area contributed by atoms with Crippen molar-refractivity contribution in [2.45, 2.75) is 57.8 Å². The molecule has 116 valence electrons. The summed E-state index contributed by atoms with van der Waals surface area (Å²) in [7, 11) is 0. The highest BCUT2D eigenvalue weighted by Gasteiger charge is 2.37. The van der Waals surface area contributed by atoms with E-state index in [0.717, 1.165) is 32.5 Å². The van der Waals surface area contributed by atoms with Crippen molar-refractivity contribution in [1.29, 1.82) is 0 Å². The summed E-state index contributed by atoms with van der Waals surface area (Å²) >= 11 is 0. The van der Waals surface area contributed by atoms with Crippen LogP contribution in [0.2, 0.25) is 0 Å². The zero-order valence-corrected chi connectivity index (χ0v) is 13.0. The van der Waals surface area contributed by atoms with Crippen LogP contribution in [-0.4, -0.2) is 71.3 Å². The molecule has 5 heteroatoms. The van der Waals surface area contributed by atoms with Crippen LogP contribution in [0.25, 0.3) is 0 Å². The summed E-state index contributed by atoms with van der Waals surface area (Å²) in [6, 6.07) is -0.134. The summed E-state index contributed by atoms with van der Waals surface area (Å²) in [5, 5.41) is 9.36. The Morgan fingerprint density at radius 2 is 2.00 bits per heavy atom. The van der Waals surface area contributed by atoms with Crippen LogP contribution in [0.15, 0.2) is 0 Å². The molecule has 5 nitrogen and oxygen atoms in total. The van der Waals surface area contributed by atoms with E-state index in [2.05, 4.69) is 4.90 Å². The van der Waals surface area contributed by atoms with Crippen LogP contribution in [0.5, 0.6) is 0 Å². The summed E-state index contributed by atoms with van der Waals surface area (Å²) in [6.45, 7) is 9.14. The molecule has 0 aromatic heterocycles. The lowest BCUT2D eigenvalue weighted by molar-refractivity contribution is -0.165. The van der Waals surface area contributed by atoms with E-state index in [9.17, 15) is 9.90 Å². The Morgan fingerprint density at radius 3 is 2.60 bits per heavy atom. The van der Waals surface area contributed by atoms with E-state index in [4.69, 9.17) is 4.74 Å². The first-order valence-electron chi connectivity index (χ1n) is 7.74. The molecule has 2 unspecified atom stereocenters. The van der Waals surface area contributed by atoms with Crippen molar-refractivity contribution in [1.82, 2.24) is 9.80 Å². The maximum absolute atomic E-state index is 12.6. The van der Waals surface area contributed by atoms with E-state index in [1.54, 1.807) is 0 Å². The molecule has 2 aliphatic heterocycles. The molecule has 0 radical (unpaired) electrons. The lowest BCUT2D eigenvalue weighted by atomic mass is 10.0. The Labute approximate surface area is 121 Å². The second-order valence-electron chi connectivity index (χ2n) is 6.67. The third kappa shape index (κ3) is 3.71. The van der Waals surface area contributed by atoms with Gasteiger partial charge in [0.15, 0.2) is 0 Å². The van der Waals surface area contributed by atoms with Crippen molar-refractivity contribution in [2.24, 2.45) is 0 Å². The van der Waals surface area contributed by atoms with Crippen LogP contribution in [0, 0.1) is 0 Å². The fourth-order valence-electron chi connectivity index (χ4n) is 3.27. The van der Waals surface area contributed by atoms with E-state index < -0.39 is 0 Å². The zero-order valence-electron chi connectivity index (χ0n) is 13.0. The second kappa shape index (κ2) is 6.41. The molecule has 2 aliphatic rings. The topological polar surface area (TPSA) is 53.0 Å². The number of carbonyl (C=O) groups is 1. The molecule has 0 saturated carbocycles. The number of amides is 1. The van der Waals surface area contributed by atoms with Crippen molar-refractivity contribution < 1.29 is 14.6 Å². The van der Waals surface area contributed by atoms with Crippen molar-refractivity contribution in [3.63, 3.8) is 0 Å². The van der Waals surface area contributed by atoms with Gasteiger partial charge in [-0.1, -0.05) is 0 Å². The fourth-order valence-corrected chi connectivity index (χ4v) is 3.27. The van der Waals surface area contributed by atoms with Gasteiger partial charge in [0.2, 0.25) is 5.91 Å². The first kappa shape index (κ1) is 15.7. The summed E-state index contributed by atoms with van der Waals surface area (Å²) in [5.41, 5.74) is -0.317. The molecular weight excluding hydrogens is 256 g/mol. The molecule has 0 bridgehead atoms. The minimum atomic E-state index is -0.317. The number of nitrogens with zero attached hydrogens (tertiary/aromatic N) is 2. The minimum Gasteiger partial charge on any atom is -0.394 e. The molecule has 2 atom stereocenters. The van der Waals surface area contributed by atoms with E-state index in [-0.39, 0.29) is 30.3 Å². The Balaban J connectivity index is 1.99. The van der Waals surface area contributed by atoms with Crippen molar-refractivity contribution in [3.05, 3.63) is 0 Å². The molecule has 1 N–H and O–H groups in total. The van der Waals surface area contributed by atoms with Crippen molar-refractivity contribution in [2.75, 3.05) is 32.8 Å². The number of aliphatic hydroxyl groups is 1. The van der Waals surface area contributed by atoms with Gasteiger partial charge in [-0.25, -0.2) is 0 Å². The lowest BCUT2D eigenvalue weighted by Gasteiger charge is -2.45. The maximum Gasteiger partial charge on any atom is 0.239 e. The van der Waals surface area contributed by atoms with Gasteiger partial charge in [-0.05, 0) is 40.0 Å². The average molecular weight is 284 g/mol. The summed E-state index contributed by atoms with van der Waals surface area (Å²) in [4.78, 5) is 16.7. The fraction of sp³-hybridized carbons (Fsp3) is 0.933. The van der Waals surface area contributed by atoms with E-state index in [0.29, 0.717) is 6.54 Å². The SMILES string of the molecule is CC(C(=O)N1CCCCC1)N1CC(CO)OC(C)(C)C1.